The molecule has 0 bridgehead atoms. The number of hydrogen-bond acceptors (Lipinski definition) is 6. The minimum absolute atomic E-state index is 0.174. The van der Waals surface area contributed by atoms with Crippen molar-refractivity contribution < 1.29 is 9.53 Å². The third-order valence-corrected chi connectivity index (χ3v) is 6.89. The van der Waals surface area contributed by atoms with Gasteiger partial charge in [-0.05, 0) is 30.7 Å². The van der Waals surface area contributed by atoms with E-state index in [0.717, 1.165) is 28.6 Å². The number of aromatic nitrogens is 2. The van der Waals surface area contributed by atoms with Crippen molar-refractivity contribution in [1.29, 1.82) is 0 Å². The second kappa shape index (κ2) is 6.98. The molecule has 7 heteroatoms. The molecule has 0 unspecified atom stereocenters. The molecule has 5 nitrogen and oxygen atoms in total. The van der Waals surface area contributed by atoms with E-state index in [1.807, 2.05) is 4.90 Å². The highest BCUT2D eigenvalue weighted by atomic mass is 32.2. The van der Waals surface area contributed by atoms with E-state index >= 15 is 0 Å². The van der Waals surface area contributed by atoms with Gasteiger partial charge in [-0.15, -0.1) is 11.3 Å². The summed E-state index contributed by atoms with van der Waals surface area (Å²) in [5, 5.41) is 2.16. The summed E-state index contributed by atoms with van der Waals surface area (Å²) < 4.78 is 5.31. The molecule has 128 valence electrons. The molecule has 0 aromatic carbocycles. The normalized spacial score (nSPS) is 21.0. The molecule has 2 aromatic heterocycles. The predicted octanol–water partition coefficient (Wildman–Crippen LogP) is 2.77. The number of hydrogen-bond donors (Lipinski definition) is 0. The molecule has 0 radical (unpaired) electrons. The average Bonchev–Trinajstić information content (AvgIpc) is 2.98. The highest BCUT2D eigenvalue weighted by Crippen LogP contribution is 2.40. The smallest absolute Gasteiger partial charge is 0.233 e. The van der Waals surface area contributed by atoms with Crippen LogP contribution in [0.25, 0.3) is 10.2 Å². The Hall–Kier alpha value is -1.18. The number of thioether (sulfide) groups is 1. The van der Waals surface area contributed by atoms with Crippen molar-refractivity contribution in [2.75, 3.05) is 32.1 Å². The number of carbonyl (C=O) groups is 1. The maximum absolute atomic E-state index is 12.4. The summed E-state index contributed by atoms with van der Waals surface area (Å²) in [5.41, 5.74) is 1.43. The topological polar surface area (TPSA) is 55.3 Å². The highest BCUT2D eigenvalue weighted by molar-refractivity contribution is 8.00. The quantitative estimate of drug-likeness (QED) is 0.620. The molecule has 1 aliphatic carbocycles. The van der Waals surface area contributed by atoms with Crippen LogP contribution in [-0.4, -0.2) is 52.8 Å². The Bertz CT molecular complexity index is 756. The molecule has 2 aromatic rings. The molecular weight excluding hydrogens is 342 g/mol. The van der Waals surface area contributed by atoms with Gasteiger partial charge in [-0.3, -0.25) is 4.79 Å². The summed E-state index contributed by atoms with van der Waals surface area (Å²) in [5.74, 6) is 1.36. The number of carbonyl (C=O) groups excluding carboxylic acids is 1. The zero-order valence-electron chi connectivity index (χ0n) is 13.8. The van der Waals surface area contributed by atoms with Gasteiger partial charge in [-0.2, -0.15) is 0 Å². The summed E-state index contributed by atoms with van der Waals surface area (Å²) in [6.45, 7) is 5.00. The van der Waals surface area contributed by atoms with Gasteiger partial charge in [0.25, 0.3) is 0 Å². The number of rotatable bonds is 3. The largest absolute Gasteiger partial charge is 0.378 e. The molecule has 1 saturated heterocycles. The van der Waals surface area contributed by atoms with E-state index in [2.05, 4.69) is 16.9 Å². The van der Waals surface area contributed by atoms with Crippen LogP contribution in [0.2, 0.25) is 0 Å². The first-order valence-corrected chi connectivity index (χ1v) is 10.3. The van der Waals surface area contributed by atoms with Crippen LogP contribution in [0, 0.1) is 5.92 Å². The molecule has 0 spiro atoms. The number of fused-ring (bicyclic) bond motifs is 3. The maximum atomic E-state index is 12.4. The van der Waals surface area contributed by atoms with Gasteiger partial charge in [-0.1, -0.05) is 18.7 Å². The average molecular weight is 364 g/mol. The third-order valence-electron chi connectivity index (χ3n) is 4.75. The van der Waals surface area contributed by atoms with Crippen molar-refractivity contribution in [2.24, 2.45) is 5.92 Å². The zero-order valence-corrected chi connectivity index (χ0v) is 15.4. The lowest BCUT2D eigenvalue weighted by Gasteiger charge is -2.26. The Morgan fingerprint density at radius 1 is 1.42 bits per heavy atom. The molecule has 0 N–H and O–H groups in total. The van der Waals surface area contributed by atoms with Crippen molar-refractivity contribution in [3.63, 3.8) is 0 Å². The molecule has 3 heterocycles. The van der Waals surface area contributed by atoms with Gasteiger partial charge in [0.2, 0.25) is 5.91 Å². The first-order valence-electron chi connectivity index (χ1n) is 8.46. The van der Waals surface area contributed by atoms with E-state index < -0.39 is 0 Å². The Kier molecular flexibility index (Phi) is 4.74. The molecular formula is C17H21N3O2S2. The number of ether oxygens (including phenoxy) is 1. The molecule has 1 atom stereocenters. The van der Waals surface area contributed by atoms with Crippen LogP contribution < -0.4 is 0 Å². The van der Waals surface area contributed by atoms with Gasteiger partial charge < -0.3 is 9.64 Å². The lowest BCUT2D eigenvalue weighted by molar-refractivity contribution is -0.132. The number of morpholine rings is 1. The highest BCUT2D eigenvalue weighted by Gasteiger charge is 2.24. The molecule has 1 amide bonds. The molecule has 1 aliphatic heterocycles. The molecule has 2 aliphatic rings. The van der Waals surface area contributed by atoms with Gasteiger partial charge >= 0.3 is 0 Å². The second-order valence-electron chi connectivity index (χ2n) is 6.49. The van der Waals surface area contributed by atoms with Gasteiger partial charge in [-0.25, -0.2) is 9.97 Å². The Morgan fingerprint density at radius 2 is 2.25 bits per heavy atom. The van der Waals surface area contributed by atoms with Crippen LogP contribution in [-0.2, 0) is 22.4 Å². The number of thiophene rings is 1. The van der Waals surface area contributed by atoms with E-state index in [9.17, 15) is 4.79 Å². The Balaban J connectivity index is 1.55. The number of aryl methyl sites for hydroxylation is 1. The summed E-state index contributed by atoms with van der Waals surface area (Å²) in [7, 11) is 0. The second-order valence-corrected chi connectivity index (χ2v) is 8.54. The van der Waals surface area contributed by atoms with Crippen LogP contribution in [0.5, 0.6) is 0 Å². The lowest BCUT2D eigenvalue weighted by Crippen LogP contribution is -2.41. The van der Waals surface area contributed by atoms with Crippen LogP contribution >= 0.6 is 23.1 Å². The van der Waals surface area contributed by atoms with E-state index in [0.29, 0.717) is 32.1 Å². The summed E-state index contributed by atoms with van der Waals surface area (Å²) >= 11 is 3.36. The monoisotopic (exact) mass is 363 g/mol. The minimum Gasteiger partial charge on any atom is -0.378 e. The standard InChI is InChI=1S/C17H21N3O2S2/c1-11-2-3-12-13(8-11)24-17-15(12)16(18-10-19-17)23-9-14(21)20-4-6-22-7-5-20/h10-11H,2-9H2,1H3/t11-/m0/s1. The van der Waals surface area contributed by atoms with E-state index in [-0.39, 0.29) is 5.91 Å². The van der Waals surface area contributed by atoms with Gasteiger partial charge in [0, 0.05) is 23.4 Å². The molecule has 4 rings (SSSR count). The van der Waals surface area contributed by atoms with Crippen molar-refractivity contribution in [1.82, 2.24) is 14.9 Å². The fourth-order valence-corrected chi connectivity index (χ4v) is 5.73. The van der Waals surface area contributed by atoms with E-state index in [1.54, 1.807) is 29.4 Å². The summed E-state index contributed by atoms with van der Waals surface area (Å²) in [6, 6.07) is 0. The van der Waals surface area contributed by atoms with Gasteiger partial charge in [0.15, 0.2) is 0 Å². The van der Waals surface area contributed by atoms with Crippen LogP contribution in [0.1, 0.15) is 23.8 Å². The molecule has 1 fully saturated rings. The fraction of sp³-hybridized carbons (Fsp3) is 0.588. The van der Waals surface area contributed by atoms with E-state index in [4.69, 9.17) is 4.74 Å². The molecule has 24 heavy (non-hydrogen) atoms. The lowest BCUT2D eigenvalue weighted by atomic mass is 9.89. The van der Waals surface area contributed by atoms with Crippen molar-refractivity contribution in [3.8, 4) is 0 Å². The zero-order chi connectivity index (χ0) is 16.5. The summed E-state index contributed by atoms with van der Waals surface area (Å²) in [6.07, 6.45) is 5.11. The number of amides is 1. The van der Waals surface area contributed by atoms with Crippen molar-refractivity contribution >= 4 is 39.2 Å². The van der Waals surface area contributed by atoms with E-state index in [1.165, 1.54) is 22.2 Å². The number of nitrogens with zero attached hydrogens (tertiary/aromatic N) is 3. The van der Waals surface area contributed by atoms with Crippen LogP contribution in [0.4, 0.5) is 0 Å². The third kappa shape index (κ3) is 3.17. The predicted molar refractivity (Wildman–Crippen MR) is 96.7 cm³/mol. The SMILES string of the molecule is C[C@H]1CCc2c(sc3ncnc(SCC(=O)N4CCOCC4)c23)C1. The maximum Gasteiger partial charge on any atom is 0.233 e. The summed E-state index contributed by atoms with van der Waals surface area (Å²) in [4.78, 5) is 25.8. The Morgan fingerprint density at radius 3 is 3.08 bits per heavy atom. The molecule has 0 saturated carbocycles. The minimum atomic E-state index is 0.174. The first-order chi connectivity index (χ1) is 11.7. The first kappa shape index (κ1) is 16.3. The van der Waals surface area contributed by atoms with Crippen molar-refractivity contribution in [2.45, 2.75) is 31.2 Å². The van der Waals surface area contributed by atoms with Gasteiger partial charge in [0.05, 0.1) is 19.0 Å². The van der Waals surface area contributed by atoms with Gasteiger partial charge in [0.1, 0.15) is 16.2 Å². The van der Waals surface area contributed by atoms with Crippen LogP contribution in [0.3, 0.4) is 0 Å². The van der Waals surface area contributed by atoms with Crippen LogP contribution in [0.15, 0.2) is 11.4 Å². The Labute approximate surface area is 149 Å². The fourth-order valence-electron chi connectivity index (χ4n) is 3.39. The van der Waals surface area contributed by atoms with Crippen molar-refractivity contribution in [3.05, 3.63) is 16.8 Å².